The molecule has 1 atom stereocenters. The monoisotopic (exact) mass is 264 g/mol. The first-order valence-electron chi connectivity index (χ1n) is 6.02. The van der Waals surface area contributed by atoms with Gasteiger partial charge in [0, 0.05) is 12.4 Å². The van der Waals surface area contributed by atoms with Crippen LogP contribution in [0.1, 0.15) is 33.2 Å². The highest BCUT2D eigenvalue weighted by Gasteiger charge is 2.44. The Hall–Kier alpha value is -2.11. The van der Waals surface area contributed by atoms with Gasteiger partial charge in [-0.2, -0.15) is 4.90 Å². The second-order valence-corrected chi connectivity index (χ2v) is 5.40. The summed E-state index contributed by atoms with van der Waals surface area (Å²) in [6.07, 6.45) is 2.45. The van der Waals surface area contributed by atoms with Gasteiger partial charge in [0.2, 0.25) is 5.91 Å². The van der Waals surface area contributed by atoms with E-state index in [-0.39, 0.29) is 6.42 Å². The molecule has 0 N–H and O–H groups in total. The van der Waals surface area contributed by atoms with Gasteiger partial charge >= 0.3 is 6.09 Å². The lowest BCUT2D eigenvalue weighted by molar-refractivity contribution is -0.137. The normalized spacial score (nSPS) is 19.9. The summed E-state index contributed by atoms with van der Waals surface area (Å²) in [5, 5.41) is 0. The molecule has 1 aliphatic heterocycles. The first-order chi connectivity index (χ1) is 8.79. The van der Waals surface area contributed by atoms with Crippen molar-refractivity contribution in [2.24, 2.45) is 0 Å². The van der Waals surface area contributed by atoms with Gasteiger partial charge in [-0.1, -0.05) is 0 Å². The van der Waals surface area contributed by atoms with Crippen LogP contribution in [0, 0.1) is 0 Å². The van der Waals surface area contributed by atoms with Crippen molar-refractivity contribution in [1.29, 1.82) is 0 Å². The lowest BCUT2D eigenvalue weighted by Gasteiger charge is -2.22. The van der Waals surface area contributed by atoms with Gasteiger partial charge in [-0.05, 0) is 32.9 Å². The number of amides is 3. The maximum Gasteiger partial charge on any atom is 0.424 e. The molecule has 2 rings (SSSR count). The van der Waals surface area contributed by atoms with Crippen molar-refractivity contribution >= 4 is 17.9 Å². The van der Waals surface area contributed by atoms with Crippen molar-refractivity contribution in [1.82, 2.24) is 9.47 Å². The van der Waals surface area contributed by atoms with E-state index in [4.69, 9.17) is 4.74 Å². The van der Waals surface area contributed by atoms with E-state index in [1.165, 1.54) is 0 Å². The molecule has 6 heteroatoms. The predicted molar refractivity (Wildman–Crippen MR) is 66.2 cm³/mol. The topological polar surface area (TPSA) is 68.6 Å². The van der Waals surface area contributed by atoms with Gasteiger partial charge < -0.3 is 9.30 Å². The molecule has 1 aliphatic rings. The number of hydrogen-bond donors (Lipinski definition) is 0. The fourth-order valence-electron chi connectivity index (χ4n) is 1.90. The molecule has 3 amide bonds. The Labute approximate surface area is 110 Å². The van der Waals surface area contributed by atoms with Crippen LogP contribution in [-0.4, -0.2) is 33.0 Å². The third-order valence-electron chi connectivity index (χ3n) is 2.69. The van der Waals surface area contributed by atoms with Crippen LogP contribution in [0.15, 0.2) is 24.5 Å². The zero-order chi connectivity index (χ0) is 14.2. The minimum atomic E-state index is -0.905. The predicted octanol–water partition coefficient (Wildman–Crippen LogP) is 1.72. The van der Waals surface area contributed by atoms with E-state index >= 15 is 0 Å². The van der Waals surface area contributed by atoms with E-state index in [0.29, 0.717) is 4.90 Å². The Kier molecular flexibility index (Phi) is 3.18. The number of carbonyl (C=O) groups is 3. The highest BCUT2D eigenvalue weighted by atomic mass is 16.6. The molecule has 0 aliphatic carbocycles. The quantitative estimate of drug-likeness (QED) is 0.724. The van der Waals surface area contributed by atoms with Crippen LogP contribution in [0.3, 0.4) is 0 Å². The summed E-state index contributed by atoms with van der Waals surface area (Å²) in [5.74, 6) is -1.08. The lowest BCUT2D eigenvalue weighted by atomic mass is 10.2. The van der Waals surface area contributed by atoms with E-state index < -0.39 is 29.6 Å². The van der Waals surface area contributed by atoms with Crippen LogP contribution >= 0.6 is 0 Å². The first-order valence-corrected chi connectivity index (χ1v) is 6.02. The third-order valence-corrected chi connectivity index (χ3v) is 2.69. The van der Waals surface area contributed by atoms with E-state index in [0.717, 1.165) is 0 Å². The van der Waals surface area contributed by atoms with Crippen LogP contribution in [0.4, 0.5) is 4.79 Å². The standard InChI is InChI=1S/C13H16N2O4/c1-13(2,3)19-12(18)15-10(16)8-9(11(15)17)14-6-4-5-7-14/h4-7,9H,8H2,1-3H3. The Bertz CT molecular complexity index is 513. The second-order valence-electron chi connectivity index (χ2n) is 5.40. The number of imide groups is 3. The van der Waals surface area contributed by atoms with Crippen molar-refractivity contribution in [3.63, 3.8) is 0 Å². The highest BCUT2D eigenvalue weighted by Crippen LogP contribution is 2.26. The lowest BCUT2D eigenvalue weighted by Crippen LogP contribution is -2.40. The number of nitrogens with zero attached hydrogens (tertiary/aromatic N) is 2. The van der Waals surface area contributed by atoms with Crippen molar-refractivity contribution in [3.05, 3.63) is 24.5 Å². The molecule has 1 aromatic rings. The molecule has 1 unspecified atom stereocenters. The summed E-state index contributed by atoms with van der Waals surface area (Å²) in [6.45, 7) is 5.04. The van der Waals surface area contributed by atoms with Crippen molar-refractivity contribution in [3.8, 4) is 0 Å². The minimum Gasteiger partial charge on any atom is -0.443 e. The molecule has 19 heavy (non-hydrogen) atoms. The van der Waals surface area contributed by atoms with Crippen molar-refractivity contribution in [2.75, 3.05) is 0 Å². The van der Waals surface area contributed by atoms with E-state index in [9.17, 15) is 14.4 Å². The van der Waals surface area contributed by atoms with Gasteiger partial charge in [0.25, 0.3) is 5.91 Å². The van der Waals surface area contributed by atoms with Crippen LogP contribution < -0.4 is 0 Å². The fourth-order valence-corrected chi connectivity index (χ4v) is 1.90. The maximum atomic E-state index is 12.1. The SMILES string of the molecule is CC(C)(C)OC(=O)N1C(=O)CC(n2cccc2)C1=O. The van der Waals surface area contributed by atoms with Gasteiger partial charge in [0.15, 0.2) is 0 Å². The van der Waals surface area contributed by atoms with E-state index in [1.54, 1.807) is 49.9 Å². The molecule has 6 nitrogen and oxygen atoms in total. The maximum absolute atomic E-state index is 12.1. The number of likely N-dealkylation sites (tertiary alicyclic amines) is 1. The van der Waals surface area contributed by atoms with Crippen LogP contribution in [0.2, 0.25) is 0 Å². The van der Waals surface area contributed by atoms with E-state index in [1.807, 2.05) is 0 Å². The fraction of sp³-hybridized carbons (Fsp3) is 0.462. The molecule has 1 aromatic heterocycles. The second kappa shape index (κ2) is 4.53. The summed E-state index contributed by atoms with van der Waals surface area (Å²) in [7, 11) is 0. The number of ether oxygens (including phenoxy) is 1. The number of carbonyl (C=O) groups excluding carboxylic acids is 3. The van der Waals surface area contributed by atoms with Gasteiger partial charge in [-0.3, -0.25) is 9.59 Å². The van der Waals surface area contributed by atoms with Crippen LogP contribution in [0.5, 0.6) is 0 Å². The molecule has 1 saturated heterocycles. The average Bonchev–Trinajstić information content (AvgIpc) is 2.83. The molecular weight excluding hydrogens is 248 g/mol. The molecule has 0 saturated carbocycles. The van der Waals surface area contributed by atoms with Crippen LogP contribution in [0.25, 0.3) is 0 Å². The first kappa shape index (κ1) is 13.3. The number of rotatable bonds is 1. The summed E-state index contributed by atoms with van der Waals surface area (Å²) in [6, 6.07) is 2.86. The Balaban J connectivity index is 2.17. The average molecular weight is 264 g/mol. The Morgan fingerprint density at radius 3 is 2.37 bits per heavy atom. The van der Waals surface area contributed by atoms with Gasteiger partial charge in [-0.25, -0.2) is 4.79 Å². The molecule has 102 valence electrons. The molecule has 1 fully saturated rings. The minimum absolute atomic E-state index is 0.0211. The molecule has 0 radical (unpaired) electrons. The zero-order valence-electron chi connectivity index (χ0n) is 11.1. The largest absolute Gasteiger partial charge is 0.443 e. The smallest absolute Gasteiger partial charge is 0.424 e. The Morgan fingerprint density at radius 2 is 1.84 bits per heavy atom. The summed E-state index contributed by atoms with van der Waals surface area (Å²) < 4.78 is 6.68. The number of hydrogen-bond acceptors (Lipinski definition) is 4. The van der Waals surface area contributed by atoms with Crippen LogP contribution in [-0.2, 0) is 14.3 Å². The molecule has 0 spiro atoms. The zero-order valence-corrected chi connectivity index (χ0v) is 11.1. The van der Waals surface area contributed by atoms with Gasteiger partial charge in [0.1, 0.15) is 11.6 Å². The molecule has 0 bridgehead atoms. The highest BCUT2D eigenvalue weighted by molar-refractivity contribution is 6.15. The Morgan fingerprint density at radius 1 is 1.26 bits per heavy atom. The molecule has 2 heterocycles. The van der Waals surface area contributed by atoms with Crippen molar-refractivity contribution in [2.45, 2.75) is 38.8 Å². The summed E-state index contributed by atoms with van der Waals surface area (Å²) in [5.41, 5.74) is -0.747. The van der Waals surface area contributed by atoms with E-state index in [2.05, 4.69) is 0 Å². The summed E-state index contributed by atoms with van der Waals surface area (Å²) >= 11 is 0. The molecule has 0 aromatic carbocycles. The number of aromatic nitrogens is 1. The van der Waals surface area contributed by atoms with Gasteiger partial charge in [0.05, 0.1) is 6.42 Å². The van der Waals surface area contributed by atoms with Gasteiger partial charge in [-0.15, -0.1) is 0 Å². The molecular formula is C13H16N2O4. The summed E-state index contributed by atoms with van der Waals surface area (Å²) in [4.78, 5) is 36.4. The third kappa shape index (κ3) is 2.67. The van der Waals surface area contributed by atoms with Crippen molar-refractivity contribution < 1.29 is 19.1 Å².